The van der Waals surface area contributed by atoms with Crippen molar-refractivity contribution in [2.75, 3.05) is 13.2 Å². The maximum absolute atomic E-state index is 6.51. The average molecular weight is 394 g/mol. The van der Waals surface area contributed by atoms with Gasteiger partial charge < -0.3 is 28.3 Å². The molecule has 0 aromatic heterocycles. The third kappa shape index (κ3) is 3.67. The van der Waals surface area contributed by atoms with Gasteiger partial charge in [-0.05, 0) is 31.5 Å². The normalized spacial score (nSPS) is 40.2. The molecule has 0 N–H and O–H groups in total. The fourth-order valence-corrected chi connectivity index (χ4v) is 5.59. The van der Waals surface area contributed by atoms with Gasteiger partial charge in [0.15, 0.2) is 11.6 Å². The van der Waals surface area contributed by atoms with Gasteiger partial charge in [0.25, 0.3) is 0 Å². The van der Waals surface area contributed by atoms with Crippen LogP contribution in [-0.4, -0.2) is 56.3 Å². The fraction of sp³-hybridized carbons (Fsp3) is 1.00. The van der Waals surface area contributed by atoms with Crippen molar-refractivity contribution in [1.82, 2.24) is 0 Å². The highest BCUT2D eigenvalue weighted by molar-refractivity contribution is 6.46. The molecule has 0 aromatic rings. The Kier molecular flexibility index (Phi) is 5.52. The SMILES string of the molecule is CC(C)B1O[C@H]([C@@H]2COC3(CCCCC3)O2)[C@@H]([C@H]2COC3(CCCCC3)O2)O1. The van der Waals surface area contributed by atoms with Crippen LogP contribution in [0.15, 0.2) is 0 Å². The van der Waals surface area contributed by atoms with Crippen molar-refractivity contribution in [3.63, 3.8) is 0 Å². The van der Waals surface area contributed by atoms with Gasteiger partial charge in [0.2, 0.25) is 0 Å². The summed E-state index contributed by atoms with van der Waals surface area (Å²) in [4.78, 5) is 0. The lowest BCUT2D eigenvalue weighted by Crippen LogP contribution is -2.46. The summed E-state index contributed by atoms with van der Waals surface area (Å²) in [5.74, 6) is -0.515. The van der Waals surface area contributed by atoms with E-state index < -0.39 is 11.6 Å². The van der Waals surface area contributed by atoms with Crippen molar-refractivity contribution in [2.45, 2.75) is 120 Å². The molecular formula is C21H35BO6. The molecule has 3 heterocycles. The summed E-state index contributed by atoms with van der Waals surface area (Å²) in [6.07, 6.45) is 10.7. The summed E-state index contributed by atoms with van der Waals surface area (Å²) in [5, 5.41) is 0. The van der Waals surface area contributed by atoms with Crippen LogP contribution in [-0.2, 0) is 28.3 Å². The molecule has 0 aromatic carbocycles. The molecule has 0 amide bonds. The van der Waals surface area contributed by atoms with Crippen molar-refractivity contribution >= 4 is 7.12 Å². The number of rotatable bonds is 3. The van der Waals surface area contributed by atoms with E-state index in [1.807, 2.05) is 0 Å². The van der Waals surface area contributed by atoms with Gasteiger partial charge in [0, 0.05) is 25.7 Å². The quantitative estimate of drug-likeness (QED) is 0.679. The topological polar surface area (TPSA) is 55.4 Å². The van der Waals surface area contributed by atoms with Crippen molar-refractivity contribution in [3.05, 3.63) is 0 Å². The second kappa shape index (κ2) is 7.82. The van der Waals surface area contributed by atoms with Crippen LogP contribution in [0.2, 0.25) is 5.82 Å². The first-order valence-corrected chi connectivity index (χ1v) is 11.5. The number of hydrogen-bond donors (Lipinski definition) is 0. The lowest BCUT2D eigenvalue weighted by molar-refractivity contribution is -0.206. The van der Waals surface area contributed by atoms with Crippen LogP contribution in [0.4, 0.5) is 0 Å². The molecule has 158 valence electrons. The Bertz CT molecular complexity index is 501. The first-order chi connectivity index (χ1) is 13.6. The Morgan fingerprint density at radius 2 is 1.11 bits per heavy atom. The van der Waals surface area contributed by atoms with E-state index in [-0.39, 0.29) is 37.4 Å². The summed E-state index contributed by atoms with van der Waals surface area (Å²) in [7, 11) is -0.229. The van der Waals surface area contributed by atoms with Crippen molar-refractivity contribution in [2.24, 2.45) is 0 Å². The van der Waals surface area contributed by atoms with Crippen LogP contribution in [0.25, 0.3) is 0 Å². The maximum Gasteiger partial charge on any atom is 0.460 e. The van der Waals surface area contributed by atoms with Crippen molar-refractivity contribution < 1.29 is 28.3 Å². The summed E-state index contributed by atoms with van der Waals surface area (Å²) in [6, 6.07) is 0. The average Bonchev–Trinajstić information content (AvgIpc) is 3.41. The standard InChI is InChI=1S/C21H35BO6/c1-15(2)22-27-18(16-13-23-20(25-16)9-5-3-6-10-20)19(28-22)17-14-24-21(26-17)11-7-4-8-12-21/h15-19H,3-14H2,1-2H3/t16-,17+,18-,19-/m1/s1. The molecule has 2 aliphatic carbocycles. The molecule has 0 bridgehead atoms. The molecule has 0 unspecified atom stereocenters. The Balaban J connectivity index is 1.30. The Hall–Kier alpha value is -0.175. The van der Waals surface area contributed by atoms with E-state index in [1.165, 1.54) is 38.5 Å². The second-order valence-corrected chi connectivity index (χ2v) is 9.69. The minimum absolute atomic E-state index is 0.0987. The van der Waals surface area contributed by atoms with E-state index in [0.717, 1.165) is 25.7 Å². The highest BCUT2D eigenvalue weighted by atomic mass is 16.8. The van der Waals surface area contributed by atoms with E-state index >= 15 is 0 Å². The van der Waals surface area contributed by atoms with Crippen LogP contribution in [0, 0.1) is 0 Å². The molecule has 5 fully saturated rings. The second-order valence-electron chi connectivity index (χ2n) is 9.69. The van der Waals surface area contributed by atoms with E-state index in [0.29, 0.717) is 13.2 Å². The molecule has 7 heteroatoms. The zero-order chi connectivity index (χ0) is 19.2. The molecule has 4 atom stereocenters. The number of hydrogen-bond acceptors (Lipinski definition) is 6. The fourth-order valence-electron chi connectivity index (χ4n) is 5.59. The van der Waals surface area contributed by atoms with Gasteiger partial charge in [-0.15, -0.1) is 0 Å². The minimum Gasteiger partial charge on any atom is -0.403 e. The van der Waals surface area contributed by atoms with Gasteiger partial charge in [-0.3, -0.25) is 0 Å². The third-order valence-corrected chi connectivity index (χ3v) is 7.17. The molecule has 5 aliphatic rings. The zero-order valence-electron chi connectivity index (χ0n) is 17.4. The van der Waals surface area contributed by atoms with Gasteiger partial charge in [0.05, 0.1) is 25.4 Å². The molecule has 2 spiro atoms. The molecule has 0 radical (unpaired) electrons. The highest BCUT2D eigenvalue weighted by Crippen LogP contribution is 2.44. The van der Waals surface area contributed by atoms with Crippen molar-refractivity contribution in [3.8, 4) is 0 Å². The summed E-state index contributed by atoms with van der Waals surface area (Å²) >= 11 is 0. The predicted molar refractivity (Wildman–Crippen MR) is 104 cm³/mol. The Morgan fingerprint density at radius 1 is 0.679 bits per heavy atom. The van der Waals surface area contributed by atoms with Crippen LogP contribution in [0.1, 0.15) is 78.1 Å². The van der Waals surface area contributed by atoms with E-state index in [4.69, 9.17) is 28.3 Å². The van der Waals surface area contributed by atoms with E-state index in [2.05, 4.69) is 13.8 Å². The number of ether oxygens (including phenoxy) is 4. The zero-order valence-corrected chi connectivity index (χ0v) is 17.4. The largest absolute Gasteiger partial charge is 0.460 e. The van der Waals surface area contributed by atoms with Gasteiger partial charge in [-0.2, -0.15) is 0 Å². The monoisotopic (exact) mass is 394 g/mol. The smallest absolute Gasteiger partial charge is 0.403 e. The predicted octanol–water partition coefficient (Wildman–Crippen LogP) is 3.82. The maximum atomic E-state index is 6.51. The van der Waals surface area contributed by atoms with Crippen LogP contribution in [0.5, 0.6) is 0 Å². The van der Waals surface area contributed by atoms with E-state index in [1.54, 1.807) is 0 Å². The summed E-state index contributed by atoms with van der Waals surface area (Å²) in [6.45, 7) is 5.42. The third-order valence-electron chi connectivity index (χ3n) is 7.17. The molecule has 6 nitrogen and oxygen atoms in total. The van der Waals surface area contributed by atoms with Gasteiger partial charge in [-0.25, -0.2) is 0 Å². The summed E-state index contributed by atoms with van der Waals surface area (Å²) < 4.78 is 38.2. The van der Waals surface area contributed by atoms with Gasteiger partial charge in [0.1, 0.15) is 12.2 Å². The first kappa shape index (κ1) is 19.8. The molecular weight excluding hydrogens is 359 g/mol. The Morgan fingerprint density at radius 3 is 1.50 bits per heavy atom. The van der Waals surface area contributed by atoms with Gasteiger partial charge in [-0.1, -0.05) is 26.7 Å². The molecule has 3 saturated heterocycles. The van der Waals surface area contributed by atoms with Crippen LogP contribution >= 0.6 is 0 Å². The van der Waals surface area contributed by atoms with Gasteiger partial charge >= 0.3 is 7.12 Å². The highest BCUT2D eigenvalue weighted by Gasteiger charge is 2.56. The molecule has 28 heavy (non-hydrogen) atoms. The molecule has 5 rings (SSSR count). The lowest BCUT2D eigenvalue weighted by atomic mass is 9.75. The molecule has 2 saturated carbocycles. The van der Waals surface area contributed by atoms with E-state index in [9.17, 15) is 0 Å². The summed E-state index contributed by atoms with van der Waals surface area (Å²) in [5.41, 5.74) is 0. The minimum atomic E-state index is -0.398. The first-order valence-electron chi connectivity index (χ1n) is 11.5. The van der Waals surface area contributed by atoms with Crippen LogP contribution in [0.3, 0.4) is 0 Å². The molecule has 3 aliphatic heterocycles. The van der Waals surface area contributed by atoms with Crippen molar-refractivity contribution in [1.29, 1.82) is 0 Å². The van der Waals surface area contributed by atoms with Crippen LogP contribution < -0.4 is 0 Å². The Labute approximate surface area is 169 Å². The lowest BCUT2D eigenvalue weighted by Gasteiger charge is -2.34.